The lowest BCUT2D eigenvalue weighted by atomic mass is 9.94. The Bertz CT molecular complexity index is 450. The Balaban J connectivity index is 1.77. The second kappa shape index (κ2) is 4.86. The Hall–Kier alpha value is -0.950. The van der Waals surface area contributed by atoms with Gasteiger partial charge in [-0.05, 0) is 12.8 Å². The average Bonchev–Trinajstić information content (AvgIpc) is 2.95. The number of piperidine rings is 1. The highest BCUT2D eigenvalue weighted by Crippen LogP contribution is 2.33. The maximum atomic E-state index is 10.2. The number of fused-ring (bicyclic) bond motifs is 1. The predicted octanol–water partition coefficient (Wildman–Crippen LogP) is -0.843. The molecule has 106 valence electrons. The minimum Gasteiger partial charge on any atom is -0.391 e. The van der Waals surface area contributed by atoms with Crippen LogP contribution in [0.15, 0.2) is 12.5 Å². The summed E-state index contributed by atoms with van der Waals surface area (Å²) in [6.07, 6.45) is 3.09. The maximum absolute atomic E-state index is 10.2. The number of aryl methyl sites for hydroxylation is 1. The van der Waals surface area contributed by atoms with E-state index >= 15 is 0 Å². The van der Waals surface area contributed by atoms with E-state index < -0.39 is 18.3 Å². The van der Waals surface area contributed by atoms with Crippen LogP contribution in [0.2, 0.25) is 0 Å². The molecule has 0 aliphatic carbocycles. The molecule has 1 aromatic heterocycles. The highest BCUT2D eigenvalue weighted by Gasteiger charge is 2.47. The van der Waals surface area contributed by atoms with Gasteiger partial charge in [0.25, 0.3) is 0 Å². The fourth-order valence-corrected chi connectivity index (χ4v) is 3.32. The molecule has 2 saturated heterocycles. The van der Waals surface area contributed by atoms with Gasteiger partial charge in [0.1, 0.15) is 0 Å². The van der Waals surface area contributed by atoms with Crippen LogP contribution in [0.3, 0.4) is 0 Å². The fourth-order valence-electron chi connectivity index (χ4n) is 3.32. The van der Waals surface area contributed by atoms with Crippen molar-refractivity contribution in [3.63, 3.8) is 0 Å². The predicted molar refractivity (Wildman–Crippen MR) is 68.6 cm³/mol. The summed E-state index contributed by atoms with van der Waals surface area (Å²) < 4.78 is 2.04. The van der Waals surface area contributed by atoms with Crippen LogP contribution in [0.25, 0.3) is 0 Å². The monoisotopic (exact) mass is 267 g/mol. The van der Waals surface area contributed by atoms with E-state index in [1.54, 1.807) is 6.33 Å². The molecule has 1 aromatic rings. The van der Waals surface area contributed by atoms with Crippen molar-refractivity contribution >= 4 is 0 Å². The van der Waals surface area contributed by atoms with E-state index in [0.717, 1.165) is 18.7 Å². The van der Waals surface area contributed by atoms with E-state index in [2.05, 4.69) is 11.9 Å². The number of hydrogen-bond acceptors (Lipinski definition) is 5. The Labute approximate surface area is 112 Å². The average molecular weight is 267 g/mol. The molecule has 6 heteroatoms. The Morgan fingerprint density at radius 2 is 2.05 bits per heavy atom. The molecule has 3 N–H and O–H groups in total. The molecule has 2 aliphatic rings. The molecule has 0 bridgehead atoms. The number of aromatic nitrogens is 2. The first-order valence-electron chi connectivity index (χ1n) is 6.90. The molecule has 1 unspecified atom stereocenters. The molecule has 5 atom stereocenters. The standard InChI is InChI=1S/C13H21N3O3/c1-2-8-4-16(7-14-8)9-3-10(17)12-13(19)11(18)6-15(12)5-9/h4,7,9-13,17-19H,2-3,5-6H2,1H3/t9?,10-,11-,12-,13-/m1/s1. The van der Waals surface area contributed by atoms with Crippen LogP contribution in [-0.2, 0) is 6.42 Å². The van der Waals surface area contributed by atoms with Gasteiger partial charge >= 0.3 is 0 Å². The summed E-state index contributed by atoms with van der Waals surface area (Å²) in [5.74, 6) is 0. The maximum Gasteiger partial charge on any atom is 0.0991 e. The van der Waals surface area contributed by atoms with Crippen LogP contribution < -0.4 is 0 Å². The van der Waals surface area contributed by atoms with Crippen LogP contribution in [0.4, 0.5) is 0 Å². The quantitative estimate of drug-likeness (QED) is 0.651. The number of aliphatic hydroxyl groups excluding tert-OH is 3. The molecule has 6 nitrogen and oxygen atoms in total. The lowest BCUT2D eigenvalue weighted by molar-refractivity contribution is -0.0407. The van der Waals surface area contributed by atoms with Gasteiger partial charge in [0.05, 0.1) is 36.4 Å². The first-order valence-corrected chi connectivity index (χ1v) is 6.90. The summed E-state index contributed by atoms with van der Waals surface area (Å²) >= 11 is 0. The molecular formula is C13H21N3O3. The zero-order chi connectivity index (χ0) is 13.6. The summed E-state index contributed by atoms with van der Waals surface area (Å²) in [6, 6.07) is -0.183. The Morgan fingerprint density at radius 1 is 1.26 bits per heavy atom. The molecule has 3 rings (SSSR count). The van der Waals surface area contributed by atoms with Crippen LogP contribution in [0, 0.1) is 0 Å². The van der Waals surface area contributed by atoms with Gasteiger partial charge in [-0.25, -0.2) is 4.98 Å². The first-order chi connectivity index (χ1) is 9.10. The normalized spacial score (nSPS) is 39.5. The number of aliphatic hydroxyl groups is 3. The molecule has 0 amide bonds. The SMILES string of the molecule is CCc1cn(C2C[C@@H](O)[C@@H]3[C@H](O)[C@H](O)CN3C2)cn1. The van der Waals surface area contributed by atoms with E-state index in [9.17, 15) is 15.3 Å². The fraction of sp³-hybridized carbons (Fsp3) is 0.769. The molecule has 2 aliphatic heterocycles. The third-order valence-electron chi connectivity index (χ3n) is 4.38. The van der Waals surface area contributed by atoms with Gasteiger partial charge in [0.15, 0.2) is 0 Å². The van der Waals surface area contributed by atoms with Crippen LogP contribution in [-0.4, -0.2) is 67.2 Å². The van der Waals surface area contributed by atoms with Gasteiger partial charge in [-0.15, -0.1) is 0 Å². The highest BCUT2D eigenvalue weighted by molar-refractivity contribution is 5.05. The van der Waals surface area contributed by atoms with E-state index in [-0.39, 0.29) is 12.1 Å². The molecule has 3 heterocycles. The summed E-state index contributed by atoms with van der Waals surface area (Å²) in [7, 11) is 0. The van der Waals surface area contributed by atoms with Crippen LogP contribution in [0.1, 0.15) is 25.1 Å². The minimum absolute atomic E-state index is 0.150. The number of rotatable bonds is 2. The highest BCUT2D eigenvalue weighted by atomic mass is 16.3. The number of hydrogen-bond donors (Lipinski definition) is 3. The molecule has 0 radical (unpaired) electrons. The molecule has 0 saturated carbocycles. The van der Waals surface area contributed by atoms with E-state index in [0.29, 0.717) is 13.0 Å². The Kier molecular flexibility index (Phi) is 3.34. The zero-order valence-electron chi connectivity index (χ0n) is 11.1. The van der Waals surface area contributed by atoms with Gasteiger partial charge in [-0.3, -0.25) is 4.90 Å². The van der Waals surface area contributed by atoms with Crippen molar-refractivity contribution in [2.75, 3.05) is 13.1 Å². The zero-order valence-corrected chi connectivity index (χ0v) is 11.1. The molecule has 2 fully saturated rings. The summed E-state index contributed by atoms with van der Waals surface area (Å²) in [5, 5.41) is 29.8. The molecule has 19 heavy (non-hydrogen) atoms. The van der Waals surface area contributed by atoms with E-state index in [1.807, 2.05) is 15.7 Å². The Morgan fingerprint density at radius 3 is 2.74 bits per heavy atom. The smallest absolute Gasteiger partial charge is 0.0991 e. The molecule has 0 aromatic carbocycles. The summed E-state index contributed by atoms with van der Waals surface area (Å²) in [5.41, 5.74) is 1.04. The van der Waals surface area contributed by atoms with Crippen molar-refractivity contribution in [3.8, 4) is 0 Å². The van der Waals surface area contributed by atoms with Gasteiger partial charge in [-0.1, -0.05) is 6.92 Å². The van der Waals surface area contributed by atoms with Crippen molar-refractivity contribution in [3.05, 3.63) is 18.2 Å². The minimum atomic E-state index is -0.843. The van der Waals surface area contributed by atoms with Crippen molar-refractivity contribution in [2.45, 2.75) is 50.2 Å². The van der Waals surface area contributed by atoms with Crippen LogP contribution in [0.5, 0.6) is 0 Å². The molecular weight excluding hydrogens is 246 g/mol. The van der Waals surface area contributed by atoms with Crippen molar-refractivity contribution in [1.29, 1.82) is 0 Å². The summed E-state index contributed by atoms with van der Waals surface area (Å²) in [4.78, 5) is 6.30. The lowest BCUT2D eigenvalue weighted by Gasteiger charge is -2.39. The van der Waals surface area contributed by atoms with E-state index in [1.165, 1.54) is 0 Å². The number of nitrogens with zero attached hydrogens (tertiary/aromatic N) is 3. The largest absolute Gasteiger partial charge is 0.391 e. The number of imidazole rings is 1. The third-order valence-corrected chi connectivity index (χ3v) is 4.38. The van der Waals surface area contributed by atoms with Gasteiger partial charge < -0.3 is 19.9 Å². The van der Waals surface area contributed by atoms with Gasteiger partial charge in [0.2, 0.25) is 0 Å². The third kappa shape index (κ3) is 2.18. The first kappa shape index (κ1) is 13.1. The van der Waals surface area contributed by atoms with Crippen molar-refractivity contribution in [1.82, 2.24) is 14.5 Å². The van der Waals surface area contributed by atoms with Gasteiger partial charge in [-0.2, -0.15) is 0 Å². The van der Waals surface area contributed by atoms with Gasteiger partial charge in [0, 0.05) is 25.3 Å². The van der Waals surface area contributed by atoms with E-state index in [4.69, 9.17) is 0 Å². The molecule has 0 spiro atoms. The van der Waals surface area contributed by atoms with Crippen molar-refractivity contribution < 1.29 is 15.3 Å². The second-order valence-electron chi connectivity index (χ2n) is 5.63. The summed E-state index contributed by atoms with van der Waals surface area (Å²) in [6.45, 7) is 3.22. The lowest BCUT2D eigenvalue weighted by Crippen LogP contribution is -2.52. The van der Waals surface area contributed by atoms with Crippen LogP contribution >= 0.6 is 0 Å². The van der Waals surface area contributed by atoms with Crippen molar-refractivity contribution in [2.24, 2.45) is 0 Å². The second-order valence-corrected chi connectivity index (χ2v) is 5.63. The topological polar surface area (TPSA) is 81.8 Å².